The summed E-state index contributed by atoms with van der Waals surface area (Å²) in [5.41, 5.74) is 5.34. The molecular weight excluding hydrogens is 236 g/mol. The second-order valence-corrected chi connectivity index (χ2v) is 6.31. The van der Waals surface area contributed by atoms with Crippen molar-refractivity contribution in [2.24, 2.45) is 0 Å². The third-order valence-electron chi connectivity index (χ3n) is 1.88. The van der Waals surface area contributed by atoms with E-state index in [2.05, 4.69) is 10.2 Å². The molecule has 0 amide bonds. The molecule has 1 rings (SSSR count). The Morgan fingerprint density at radius 2 is 2.13 bits per heavy atom. The van der Waals surface area contributed by atoms with Crippen LogP contribution >= 0.6 is 11.3 Å². The molecule has 0 bridgehead atoms. The summed E-state index contributed by atoms with van der Waals surface area (Å²) in [4.78, 5) is 0. The van der Waals surface area contributed by atoms with Crippen LogP contribution in [-0.2, 0) is 10.0 Å². The minimum Gasteiger partial charge on any atom is -0.374 e. The van der Waals surface area contributed by atoms with Crippen LogP contribution in [0.1, 0.15) is 19.8 Å². The fourth-order valence-electron chi connectivity index (χ4n) is 0.959. The number of aromatic nitrogens is 2. The molecule has 0 unspecified atom stereocenters. The number of anilines is 1. The Bertz CT molecular complexity index is 414. The lowest BCUT2D eigenvalue weighted by atomic mass is 10.3. The molecule has 0 aliphatic carbocycles. The zero-order valence-electron chi connectivity index (χ0n) is 8.67. The van der Waals surface area contributed by atoms with Crippen LogP contribution < -0.4 is 5.73 Å². The number of nitrogen functional groups attached to an aromatic ring is 1. The first-order valence-corrected chi connectivity index (χ1v) is 6.79. The van der Waals surface area contributed by atoms with Gasteiger partial charge in [0.25, 0.3) is 10.0 Å². The van der Waals surface area contributed by atoms with Crippen molar-refractivity contribution in [1.29, 1.82) is 0 Å². The lowest BCUT2D eigenvalue weighted by molar-refractivity contribution is 0.458. The summed E-state index contributed by atoms with van der Waals surface area (Å²) in [7, 11) is -1.96. The first-order valence-electron chi connectivity index (χ1n) is 4.53. The van der Waals surface area contributed by atoms with Gasteiger partial charge in [0, 0.05) is 13.6 Å². The summed E-state index contributed by atoms with van der Waals surface area (Å²) < 4.78 is 24.9. The van der Waals surface area contributed by atoms with E-state index >= 15 is 0 Å². The predicted octanol–water partition coefficient (Wildman–Crippen LogP) is 0.541. The predicted molar refractivity (Wildman–Crippen MR) is 59.0 cm³/mol. The fourth-order valence-corrected chi connectivity index (χ4v) is 3.14. The zero-order valence-corrected chi connectivity index (χ0v) is 10.3. The van der Waals surface area contributed by atoms with E-state index in [9.17, 15) is 8.42 Å². The number of rotatable bonds is 5. The number of hydrogen-bond acceptors (Lipinski definition) is 6. The Balaban J connectivity index is 2.83. The van der Waals surface area contributed by atoms with Gasteiger partial charge in [-0.2, -0.15) is 4.31 Å². The van der Waals surface area contributed by atoms with E-state index in [4.69, 9.17) is 5.73 Å². The van der Waals surface area contributed by atoms with Gasteiger partial charge in [-0.05, 0) is 6.42 Å². The summed E-state index contributed by atoms with van der Waals surface area (Å²) in [5, 5.41) is 7.18. The van der Waals surface area contributed by atoms with Crippen molar-refractivity contribution in [3.63, 3.8) is 0 Å². The van der Waals surface area contributed by atoms with E-state index in [0.717, 1.165) is 24.2 Å². The SMILES string of the molecule is CCCCN(C)S(=O)(=O)c1nnc(N)s1. The van der Waals surface area contributed by atoms with Gasteiger partial charge in [0.15, 0.2) is 0 Å². The third-order valence-corrected chi connectivity index (χ3v) is 4.83. The highest BCUT2D eigenvalue weighted by molar-refractivity contribution is 7.91. The van der Waals surface area contributed by atoms with Gasteiger partial charge in [0.1, 0.15) is 0 Å². The maximum Gasteiger partial charge on any atom is 0.272 e. The molecule has 0 radical (unpaired) electrons. The molecule has 1 heterocycles. The van der Waals surface area contributed by atoms with E-state index in [1.165, 1.54) is 11.4 Å². The van der Waals surface area contributed by atoms with Crippen molar-refractivity contribution in [3.8, 4) is 0 Å². The van der Waals surface area contributed by atoms with E-state index in [1.54, 1.807) is 0 Å². The highest BCUT2D eigenvalue weighted by atomic mass is 32.2. The number of nitrogens with zero attached hydrogens (tertiary/aromatic N) is 3. The summed E-state index contributed by atoms with van der Waals surface area (Å²) in [6, 6.07) is 0. The smallest absolute Gasteiger partial charge is 0.272 e. The van der Waals surface area contributed by atoms with E-state index < -0.39 is 10.0 Å². The molecule has 0 saturated heterocycles. The van der Waals surface area contributed by atoms with E-state index in [1.807, 2.05) is 6.92 Å². The van der Waals surface area contributed by atoms with Crippen LogP contribution in [0.4, 0.5) is 5.13 Å². The highest BCUT2D eigenvalue weighted by Crippen LogP contribution is 2.20. The standard InChI is InChI=1S/C7H14N4O2S2/c1-3-4-5-11(2)15(12,13)7-10-9-6(8)14-7/h3-5H2,1-2H3,(H2,8,9). The zero-order chi connectivity index (χ0) is 11.5. The van der Waals surface area contributed by atoms with Gasteiger partial charge >= 0.3 is 0 Å². The molecule has 0 spiro atoms. The quantitative estimate of drug-likeness (QED) is 0.824. The Morgan fingerprint density at radius 3 is 2.60 bits per heavy atom. The molecule has 15 heavy (non-hydrogen) atoms. The number of sulfonamides is 1. The maximum absolute atomic E-state index is 11.8. The second kappa shape index (κ2) is 4.86. The third kappa shape index (κ3) is 2.86. The van der Waals surface area contributed by atoms with Gasteiger partial charge in [-0.1, -0.05) is 24.7 Å². The summed E-state index contributed by atoms with van der Waals surface area (Å²) in [5.74, 6) is 0. The first-order chi connectivity index (χ1) is 6.98. The molecule has 2 N–H and O–H groups in total. The molecule has 0 atom stereocenters. The Hall–Kier alpha value is -0.730. The topological polar surface area (TPSA) is 89.2 Å². The van der Waals surface area contributed by atoms with Crippen LogP contribution in [0.5, 0.6) is 0 Å². The van der Waals surface area contributed by atoms with E-state index in [-0.39, 0.29) is 9.47 Å². The molecule has 8 heteroatoms. The maximum atomic E-state index is 11.8. The number of hydrogen-bond donors (Lipinski definition) is 1. The van der Waals surface area contributed by atoms with Crippen LogP contribution in [0.25, 0.3) is 0 Å². The molecule has 0 aliphatic rings. The monoisotopic (exact) mass is 250 g/mol. The summed E-state index contributed by atoms with van der Waals surface area (Å²) >= 11 is 0.882. The van der Waals surface area contributed by atoms with Crippen LogP contribution in [-0.4, -0.2) is 36.5 Å². The molecule has 0 aliphatic heterocycles. The van der Waals surface area contributed by atoms with Gasteiger partial charge < -0.3 is 5.73 Å². The van der Waals surface area contributed by atoms with Crippen LogP contribution in [0.15, 0.2) is 4.34 Å². The normalized spacial score (nSPS) is 12.2. The van der Waals surface area contributed by atoms with Crippen LogP contribution in [0.2, 0.25) is 0 Å². The molecule has 1 aromatic rings. The Morgan fingerprint density at radius 1 is 1.47 bits per heavy atom. The number of nitrogens with two attached hydrogens (primary N) is 1. The molecular formula is C7H14N4O2S2. The summed E-state index contributed by atoms with van der Waals surface area (Å²) in [6.07, 6.45) is 1.77. The van der Waals surface area contributed by atoms with Crippen molar-refractivity contribution in [1.82, 2.24) is 14.5 Å². The Labute approximate surface area is 93.2 Å². The first kappa shape index (κ1) is 12.3. The lowest BCUT2D eigenvalue weighted by Crippen LogP contribution is -2.27. The van der Waals surface area contributed by atoms with Gasteiger partial charge in [0.05, 0.1) is 0 Å². The molecule has 86 valence electrons. The van der Waals surface area contributed by atoms with Crippen LogP contribution in [0.3, 0.4) is 0 Å². The molecule has 0 aromatic carbocycles. The number of unbranched alkanes of at least 4 members (excludes halogenated alkanes) is 1. The van der Waals surface area contributed by atoms with Crippen molar-refractivity contribution in [2.45, 2.75) is 24.1 Å². The molecule has 1 aromatic heterocycles. The fraction of sp³-hybridized carbons (Fsp3) is 0.714. The lowest BCUT2D eigenvalue weighted by Gasteiger charge is -2.13. The minimum absolute atomic E-state index is 0.0430. The average molecular weight is 250 g/mol. The van der Waals surface area contributed by atoms with Crippen molar-refractivity contribution in [3.05, 3.63) is 0 Å². The second-order valence-electron chi connectivity index (χ2n) is 3.09. The van der Waals surface area contributed by atoms with Gasteiger partial charge in [0.2, 0.25) is 9.47 Å². The summed E-state index contributed by atoms with van der Waals surface area (Å²) in [6.45, 7) is 2.49. The molecule has 0 saturated carbocycles. The molecule has 0 fully saturated rings. The van der Waals surface area contributed by atoms with Gasteiger partial charge in [-0.15, -0.1) is 10.2 Å². The van der Waals surface area contributed by atoms with Crippen molar-refractivity contribution >= 4 is 26.5 Å². The van der Waals surface area contributed by atoms with Crippen molar-refractivity contribution in [2.75, 3.05) is 19.3 Å². The highest BCUT2D eigenvalue weighted by Gasteiger charge is 2.24. The van der Waals surface area contributed by atoms with Crippen LogP contribution in [0, 0.1) is 0 Å². The van der Waals surface area contributed by atoms with Gasteiger partial charge in [-0.3, -0.25) is 0 Å². The molecule has 6 nitrogen and oxygen atoms in total. The minimum atomic E-state index is -3.49. The average Bonchev–Trinajstić information content (AvgIpc) is 2.61. The Kier molecular flexibility index (Phi) is 4.00. The van der Waals surface area contributed by atoms with Crippen molar-refractivity contribution < 1.29 is 8.42 Å². The largest absolute Gasteiger partial charge is 0.374 e. The van der Waals surface area contributed by atoms with E-state index in [0.29, 0.717) is 6.54 Å². The van der Waals surface area contributed by atoms with Gasteiger partial charge in [-0.25, -0.2) is 8.42 Å².